The summed E-state index contributed by atoms with van der Waals surface area (Å²) in [7, 11) is 1.66. The minimum absolute atomic E-state index is 0.160. The fourth-order valence-corrected chi connectivity index (χ4v) is 3.14. The Labute approximate surface area is 132 Å². The predicted octanol–water partition coefficient (Wildman–Crippen LogP) is 3.00. The zero-order chi connectivity index (χ0) is 15.5. The van der Waals surface area contributed by atoms with Crippen molar-refractivity contribution in [3.63, 3.8) is 0 Å². The Hall–Kier alpha value is -1.55. The van der Waals surface area contributed by atoms with E-state index >= 15 is 0 Å². The van der Waals surface area contributed by atoms with Gasteiger partial charge >= 0.3 is 0 Å². The molecule has 4 heteroatoms. The first-order valence-electron chi connectivity index (χ1n) is 8.24. The Bertz CT molecular complexity index is 504. The Morgan fingerprint density at radius 1 is 1.32 bits per heavy atom. The zero-order valence-corrected chi connectivity index (χ0v) is 13.5. The lowest BCUT2D eigenvalue weighted by molar-refractivity contribution is -0.144. The minimum atomic E-state index is -0.237. The maximum absolute atomic E-state index is 12.8. The lowest BCUT2D eigenvalue weighted by atomic mass is 10.1. The molecule has 3 rings (SSSR count). The van der Waals surface area contributed by atoms with Crippen molar-refractivity contribution >= 4 is 5.91 Å². The van der Waals surface area contributed by atoms with E-state index < -0.39 is 0 Å². The molecule has 1 saturated heterocycles. The number of methoxy groups -OCH3 is 1. The summed E-state index contributed by atoms with van der Waals surface area (Å²) in [4.78, 5) is 14.8. The van der Waals surface area contributed by atoms with Crippen molar-refractivity contribution in [1.29, 1.82) is 0 Å². The van der Waals surface area contributed by atoms with Crippen molar-refractivity contribution in [2.75, 3.05) is 13.7 Å². The number of carbonyl (C=O) groups excluding carboxylic acids is 1. The van der Waals surface area contributed by atoms with Crippen molar-refractivity contribution in [2.24, 2.45) is 5.92 Å². The smallest absolute Gasteiger partial charge is 0.252 e. The van der Waals surface area contributed by atoms with Gasteiger partial charge in [-0.3, -0.25) is 4.79 Å². The Balaban J connectivity index is 1.73. The number of amides is 1. The van der Waals surface area contributed by atoms with Crippen LogP contribution < -0.4 is 4.74 Å². The molecule has 1 amide bonds. The van der Waals surface area contributed by atoms with Gasteiger partial charge in [-0.1, -0.05) is 12.1 Å². The maximum atomic E-state index is 12.8. The van der Waals surface area contributed by atoms with Crippen LogP contribution in [-0.4, -0.2) is 36.7 Å². The standard InChI is InChI=1S/C18H25NO3/c1-13(15-7-8-15)19(18(20)17-4-3-11-22-17)12-14-5-9-16(21-2)10-6-14/h5-6,9-10,13,15,17H,3-4,7-8,11-12H2,1-2H3. The van der Waals surface area contributed by atoms with Gasteiger partial charge in [-0.15, -0.1) is 0 Å². The van der Waals surface area contributed by atoms with Crippen molar-refractivity contribution < 1.29 is 14.3 Å². The maximum Gasteiger partial charge on any atom is 0.252 e. The van der Waals surface area contributed by atoms with Gasteiger partial charge in [-0.2, -0.15) is 0 Å². The van der Waals surface area contributed by atoms with Crippen LogP contribution in [0.3, 0.4) is 0 Å². The molecular weight excluding hydrogens is 278 g/mol. The van der Waals surface area contributed by atoms with Gasteiger partial charge < -0.3 is 14.4 Å². The molecule has 2 aliphatic rings. The van der Waals surface area contributed by atoms with E-state index in [4.69, 9.17) is 9.47 Å². The molecule has 120 valence electrons. The Morgan fingerprint density at radius 2 is 2.05 bits per heavy atom. The molecule has 0 spiro atoms. The molecule has 1 saturated carbocycles. The van der Waals surface area contributed by atoms with Crippen molar-refractivity contribution in [2.45, 2.75) is 51.3 Å². The van der Waals surface area contributed by atoms with Gasteiger partial charge in [-0.25, -0.2) is 0 Å². The third kappa shape index (κ3) is 3.43. The summed E-state index contributed by atoms with van der Waals surface area (Å²) in [5, 5.41) is 0. The molecule has 2 fully saturated rings. The SMILES string of the molecule is COc1ccc(CN(C(=O)C2CCCO2)C(C)C2CC2)cc1. The first-order chi connectivity index (χ1) is 10.7. The number of hydrogen-bond acceptors (Lipinski definition) is 3. The van der Waals surface area contributed by atoms with Gasteiger partial charge in [0.05, 0.1) is 7.11 Å². The lowest BCUT2D eigenvalue weighted by Crippen LogP contribution is -2.44. The van der Waals surface area contributed by atoms with E-state index in [0.717, 1.165) is 24.2 Å². The molecule has 2 unspecified atom stereocenters. The average Bonchev–Trinajstić information content (AvgIpc) is 3.26. The predicted molar refractivity (Wildman–Crippen MR) is 84.7 cm³/mol. The fraction of sp³-hybridized carbons (Fsp3) is 0.611. The normalized spacial score (nSPS) is 22.4. The molecule has 2 atom stereocenters. The van der Waals surface area contributed by atoms with Gasteiger partial charge in [0.25, 0.3) is 5.91 Å². The molecule has 22 heavy (non-hydrogen) atoms. The van der Waals surface area contributed by atoms with Crippen LogP contribution in [0.4, 0.5) is 0 Å². The molecule has 1 aliphatic heterocycles. The van der Waals surface area contributed by atoms with Crippen LogP contribution in [0.15, 0.2) is 24.3 Å². The third-order valence-corrected chi connectivity index (χ3v) is 4.80. The summed E-state index contributed by atoms with van der Waals surface area (Å²) in [5.41, 5.74) is 1.14. The van der Waals surface area contributed by atoms with Crippen molar-refractivity contribution in [3.8, 4) is 5.75 Å². The van der Waals surface area contributed by atoms with E-state index in [9.17, 15) is 4.79 Å². The molecule has 4 nitrogen and oxygen atoms in total. The molecule has 0 radical (unpaired) electrons. The highest BCUT2D eigenvalue weighted by Gasteiger charge is 2.37. The third-order valence-electron chi connectivity index (χ3n) is 4.80. The van der Waals surface area contributed by atoms with Gasteiger partial charge in [0.2, 0.25) is 0 Å². The van der Waals surface area contributed by atoms with Gasteiger partial charge in [-0.05, 0) is 56.2 Å². The first-order valence-corrected chi connectivity index (χ1v) is 8.24. The van der Waals surface area contributed by atoms with Crippen LogP contribution in [-0.2, 0) is 16.1 Å². The van der Waals surface area contributed by atoms with E-state index in [0.29, 0.717) is 25.1 Å². The largest absolute Gasteiger partial charge is 0.497 e. The second-order valence-electron chi connectivity index (χ2n) is 6.39. The van der Waals surface area contributed by atoms with E-state index in [-0.39, 0.29) is 12.0 Å². The summed E-state index contributed by atoms with van der Waals surface area (Å²) in [6.07, 6.45) is 4.08. The van der Waals surface area contributed by atoms with Crippen LogP contribution in [0.2, 0.25) is 0 Å². The monoisotopic (exact) mass is 303 g/mol. The minimum Gasteiger partial charge on any atom is -0.497 e. The van der Waals surface area contributed by atoms with E-state index in [1.165, 1.54) is 12.8 Å². The molecule has 1 aliphatic carbocycles. The second-order valence-corrected chi connectivity index (χ2v) is 6.39. The number of nitrogens with zero attached hydrogens (tertiary/aromatic N) is 1. The molecule has 1 aromatic rings. The molecule has 0 N–H and O–H groups in total. The summed E-state index contributed by atoms with van der Waals surface area (Å²) < 4.78 is 10.8. The number of carbonyl (C=O) groups is 1. The average molecular weight is 303 g/mol. The molecule has 0 bridgehead atoms. The van der Waals surface area contributed by atoms with Crippen LogP contribution >= 0.6 is 0 Å². The van der Waals surface area contributed by atoms with Crippen LogP contribution in [0.5, 0.6) is 5.75 Å². The van der Waals surface area contributed by atoms with E-state index in [1.54, 1.807) is 7.11 Å². The van der Waals surface area contributed by atoms with E-state index in [2.05, 4.69) is 6.92 Å². The van der Waals surface area contributed by atoms with Gasteiger partial charge in [0.15, 0.2) is 0 Å². The fourth-order valence-electron chi connectivity index (χ4n) is 3.14. The van der Waals surface area contributed by atoms with Crippen LogP contribution in [0.25, 0.3) is 0 Å². The van der Waals surface area contributed by atoms with E-state index in [1.807, 2.05) is 29.2 Å². The highest BCUT2D eigenvalue weighted by atomic mass is 16.5. The van der Waals surface area contributed by atoms with Crippen molar-refractivity contribution in [1.82, 2.24) is 4.90 Å². The van der Waals surface area contributed by atoms with Crippen molar-refractivity contribution in [3.05, 3.63) is 29.8 Å². The molecule has 0 aromatic heterocycles. The molecule has 1 aromatic carbocycles. The highest BCUT2D eigenvalue weighted by Crippen LogP contribution is 2.36. The summed E-state index contributed by atoms with van der Waals surface area (Å²) in [5.74, 6) is 1.66. The summed E-state index contributed by atoms with van der Waals surface area (Å²) in [6, 6.07) is 8.26. The quantitative estimate of drug-likeness (QED) is 0.811. The summed E-state index contributed by atoms with van der Waals surface area (Å²) in [6.45, 7) is 3.54. The second kappa shape index (κ2) is 6.69. The topological polar surface area (TPSA) is 38.8 Å². The van der Waals surface area contributed by atoms with Crippen LogP contribution in [0, 0.1) is 5.92 Å². The Kier molecular flexibility index (Phi) is 4.67. The number of rotatable bonds is 6. The molecular formula is C18H25NO3. The summed E-state index contributed by atoms with van der Waals surface area (Å²) >= 11 is 0. The lowest BCUT2D eigenvalue weighted by Gasteiger charge is -2.31. The van der Waals surface area contributed by atoms with Crippen LogP contribution in [0.1, 0.15) is 38.2 Å². The van der Waals surface area contributed by atoms with Gasteiger partial charge in [0.1, 0.15) is 11.9 Å². The number of benzene rings is 1. The number of ether oxygens (including phenoxy) is 2. The zero-order valence-electron chi connectivity index (χ0n) is 13.5. The Morgan fingerprint density at radius 3 is 2.59 bits per heavy atom. The molecule has 1 heterocycles. The number of hydrogen-bond donors (Lipinski definition) is 0. The highest BCUT2D eigenvalue weighted by molar-refractivity contribution is 5.81. The first kappa shape index (κ1) is 15.3. The van der Waals surface area contributed by atoms with Gasteiger partial charge in [0, 0.05) is 19.2 Å².